The molecule has 0 bridgehead atoms. The molecule has 0 radical (unpaired) electrons. The van der Waals surface area contributed by atoms with Gasteiger partial charge >= 0.3 is 0 Å². The first-order valence-electron chi connectivity index (χ1n) is 6.29. The predicted octanol–water partition coefficient (Wildman–Crippen LogP) is 2.97. The quantitative estimate of drug-likeness (QED) is 0.656. The summed E-state index contributed by atoms with van der Waals surface area (Å²) in [5, 5.41) is 3.59. The molecular formula is C13H27NO. The summed E-state index contributed by atoms with van der Waals surface area (Å²) in [5.41, 5.74) is 0.656. The van der Waals surface area contributed by atoms with E-state index in [1.807, 2.05) is 0 Å². The molecule has 1 fully saturated rings. The molecule has 90 valence electrons. The van der Waals surface area contributed by atoms with Crippen LogP contribution in [0, 0.1) is 5.41 Å². The van der Waals surface area contributed by atoms with E-state index in [4.69, 9.17) is 4.74 Å². The lowest BCUT2D eigenvalue weighted by Gasteiger charge is -2.41. The molecule has 2 nitrogen and oxygen atoms in total. The van der Waals surface area contributed by atoms with Gasteiger partial charge in [-0.15, -0.1) is 0 Å². The van der Waals surface area contributed by atoms with E-state index in [-0.39, 0.29) is 5.60 Å². The third kappa shape index (κ3) is 3.76. The number of hydrogen-bond acceptors (Lipinski definition) is 2. The Bertz CT molecular complexity index is 179. The molecule has 0 amide bonds. The Morgan fingerprint density at radius 1 is 1.33 bits per heavy atom. The maximum Gasteiger partial charge on any atom is 0.0634 e. The molecular weight excluding hydrogens is 186 g/mol. The van der Waals surface area contributed by atoms with Gasteiger partial charge in [0.15, 0.2) is 0 Å². The van der Waals surface area contributed by atoms with Gasteiger partial charge in [0.25, 0.3) is 0 Å². The van der Waals surface area contributed by atoms with Gasteiger partial charge in [-0.3, -0.25) is 0 Å². The monoisotopic (exact) mass is 213 g/mol. The van der Waals surface area contributed by atoms with Gasteiger partial charge in [0.1, 0.15) is 0 Å². The summed E-state index contributed by atoms with van der Waals surface area (Å²) in [5.74, 6) is 0. The molecule has 0 saturated heterocycles. The standard InChI is InChI=1S/C13H27NO/c1-5-13(7-6-8-13)11-14-10-9-12(2,3)15-4/h14H,5-11H2,1-4H3. The molecule has 0 spiro atoms. The lowest BCUT2D eigenvalue weighted by atomic mass is 9.67. The highest BCUT2D eigenvalue weighted by molar-refractivity contribution is 4.88. The summed E-state index contributed by atoms with van der Waals surface area (Å²) in [6.45, 7) is 8.88. The molecule has 1 saturated carbocycles. The number of nitrogens with one attached hydrogen (secondary N) is 1. The molecule has 1 N–H and O–H groups in total. The van der Waals surface area contributed by atoms with Crippen molar-refractivity contribution in [3.05, 3.63) is 0 Å². The molecule has 0 heterocycles. The zero-order valence-corrected chi connectivity index (χ0v) is 10.9. The fourth-order valence-electron chi connectivity index (χ4n) is 2.18. The van der Waals surface area contributed by atoms with Crippen LogP contribution in [0.3, 0.4) is 0 Å². The van der Waals surface area contributed by atoms with Crippen molar-refractivity contribution < 1.29 is 4.74 Å². The van der Waals surface area contributed by atoms with Crippen molar-refractivity contribution in [2.75, 3.05) is 20.2 Å². The van der Waals surface area contributed by atoms with Crippen molar-refractivity contribution in [3.63, 3.8) is 0 Å². The van der Waals surface area contributed by atoms with Crippen LogP contribution in [-0.2, 0) is 4.74 Å². The highest BCUT2D eigenvalue weighted by Crippen LogP contribution is 2.42. The average Bonchev–Trinajstić information content (AvgIpc) is 2.16. The number of hydrogen-bond donors (Lipinski definition) is 1. The van der Waals surface area contributed by atoms with Crippen LogP contribution in [0.15, 0.2) is 0 Å². The first-order chi connectivity index (χ1) is 7.04. The SMILES string of the molecule is CCC1(CNCCC(C)(C)OC)CCC1. The van der Waals surface area contributed by atoms with Gasteiger partial charge in [-0.05, 0) is 51.5 Å². The van der Waals surface area contributed by atoms with Crippen molar-refractivity contribution in [1.29, 1.82) is 0 Å². The average molecular weight is 213 g/mol. The first-order valence-corrected chi connectivity index (χ1v) is 6.29. The van der Waals surface area contributed by atoms with Crippen LogP contribution in [-0.4, -0.2) is 25.8 Å². The maximum atomic E-state index is 5.40. The number of methoxy groups -OCH3 is 1. The Morgan fingerprint density at radius 2 is 2.00 bits per heavy atom. The van der Waals surface area contributed by atoms with Crippen LogP contribution >= 0.6 is 0 Å². The second-order valence-electron chi connectivity index (χ2n) is 5.60. The molecule has 15 heavy (non-hydrogen) atoms. The van der Waals surface area contributed by atoms with E-state index in [1.54, 1.807) is 7.11 Å². The number of rotatable bonds is 7. The molecule has 0 aromatic rings. The van der Waals surface area contributed by atoms with Gasteiger partial charge in [-0.1, -0.05) is 13.3 Å². The largest absolute Gasteiger partial charge is 0.379 e. The van der Waals surface area contributed by atoms with Crippen LogP contribution in [0.25, 0.3) is 0 Å². The Morgan fingerprint density at radius 3 is 2.40 bits per heavy atom. The molecule has 1 aliphatic carbocycles. The highest BCUT2D eigenvalue weighted by Gasteiger charge is 2.34. The summed E-state index contributed by atoms with van der Waals surface area (Å²) >= 11 is 0. The second kappa shape index (κ2) is 5.31. The van der Waals surface area contributed by atoms with Gasteiger partial charge in [-0.2, -0.15) is 0 Å². The Hall–Kier alpha value is -0.0800. The summed E-state index contributed by atoms with van der Waals surface area (Å²) in [4.78, 5) is 0. The molecule has 1 aliphatic rings. The molecule has 0 aliphatic heterocycles. The van der Waals surface area contributed by atoms with E-state index in [0.717, 1.165) is 13.0 Å². The van der Waals surface area contributed by atoms with Crippen molar-refractivity contribution in [1.82, 2.24) is 5.32 Å². The van der Waals surface area contributed by atoms with E-state index in [1.165, 1.54) is 32.2 Å². The van der Waals surface area contributed by atoms with E-state index < -0.39 is 0 Å². The van der Waals surface area contributed by atoms with Crippen LogP contribution in [0.4, 0.5) is 0 Å². The van der Waals surface area contributed by atoms with E-state index >= 15 is 0 Å². The minimum absolute atomic E-state index is 0.0198. The molecule has 2 heteroatoms. The van der Waals surface area contributed by atoms with Crippen LogP contribution < -0.4 is 5.32 Å². The van der Waals surface area contributed by atoms with Crippen LogP contribution in [0.2, 0.25) is 0 Å². The molecule has 0 aromatic heterocycles. The van der Waals surface area contributed by atoms with Crippen molar-refractivity contribution in [2.45, 2.75) is 58.5 Å². The van der Waals surface area contributed by atoms with Crippen molar-refractivity contribution in [3.8, 4) is 0 Å². The van der Waals surface area contributed by atoms with Gasteiger partial charge in [0.2, 0.25) is 0 Å². The second-order valence-corrected chi connectivity index (χ2v) is 5.60. The summed E-state index contributed by atoms with van der Waals surface area (Å²) in [6.07, 6.45) is 6.68. The van der Waals surface area contributed by atoms with E-state index in [2.05, 4.69) is 26.1 Å². The van der Waals surface area contributed by atoms with Crippen LogP contribution in [0.5, 0.6) is 0 Å². The third-order valence-corrected chi connectivity index (χ3v) is 4.12. The summed E-state index contributed by atoms with van der Waals surface area (Å²) in [6, 6.07) is 0. The highest BCUT2D eigenvalue weighted by atomic mass is 16.5. The van der Waals surface area contributed by atoms with Gasteiger partial charge in [0.05, 0.1) is 5.60 Å². The fraction of sp³-hybridized carbons (Fsp3) is 1.00. The van der Waals surface area contributed by atoms with Gasteiger partial charge < -0.3 is 10.1 Å². The molecule has 0 atom stereocenters. The van der Waals surface area contributed by atoms with Crippen molar-refractivity contribution in [2.24, 2.45) is 5.41 Å². The molecule has 0 unspecified atom stereocenters. The maximum absolute atomic E-state index is 5.40. The van der Waals surface area contributed by atoms with E-state index in [9.17, 15) is 0 Å². The van der Waals surface area contributed by atoms with Gasteiger partial charge in [0, 0.05) is 13.7 Å². The lowest BCUT2D eigenvalue weighted by molar-refractivity contribution is 0.0144. The van der Waals surface area contributed by atoms with E-state index in [0.29, 0.717) is 5.41 Å². The molecule has 0 aromatic carbocycles. The third-order valence-electron chi connectivity index (χ3n) is 4.12. The fourth-order valence-corrected chi connectivity index (χ4v) is 2.18. The smallest absolute Gasteiger partial charge is 0.0634 e. The number of ether oxygens (including phenoxy) is 1. The topological polar surface area (TPSA) is 21.3 Å². The first kappa shape index (κ1) is 13.0. The molecule has 1 rings (SSSR count). The minimum Gasteiger partial charge on any atom is -0.379 e. The normalized spacial score (nSPS) is 20.0. The summed E-state index contributed by atoms with van der Waals surface area (Å²) < 4.78 is 5.40. The minimum atomic E-state index is 0.0198. The Balaban J connectivity index is 2.11. The zero-order chi connectivity index (χ0) is 11.4. The van der Waals surface area contributed by atoms with Crippen molar-refractivity contribution >= 4 is 0 Å². The lowest BCUT2D eigenvalue weighted by Crippen LogP contribution is -2.41. The summed E-state index contributed by atoms with van der Waals surface area (Å²) in [7, 11) is 1.79. The van der Waals surface area contributed by atoms with Gasteiger partial charge in [-0.25, -0.2) is 0 Å². The predicted molar refractivity (Wildman–Crippen MR) is 65.1 cm³/mol. The Kier molecular flexibility index (Phi) is 4.60. The van der Waals surface area contributed by atoms with Crippen LogP contribution in [0.1, 0.15) is 52.9 Å². The Labute approximate surface area is 94.8 Å². The zero-order valence-electron chi connectivity index (χ0n) is 10.9.